The van der Waals surface area contributed by atoms with E-state index in [1.165, 1.54) is 18.2 Å². The van der Waals surface area contributed by atoms with Gasteiger partial charge in [-0.3, -0.25) is 9.69 Å². The first-order valence-electron chi connectivity index (χ1n) is 11.1. The van der Waals surface area contributed by atoms with Gasteiger partial charge in [-0.15, -0.1) is 0 Å². The van der Waals surface area contributed by atoms with Gasteiger partial charge < -0.3 is 14.3 Å². The van der Waals surface area contributed by atoms with Gasteiger partial charge in [0.2, 0.25) is 11.2 Å². The lowest BCUT2D eigenvalue weighted by Gasteiger charge is -2.27. The van der Waals surface area contributed by atoms with Crippen LogP contribution in [0.3, 0.4) is 0 Å². The van der Waals surface area contributed by atoms with Crippen molar-refractivity contribution in [3.63, 3.8) is 0 Å². The van der Waals surface area contributed by atoms with Gasteiger partial charge in [0.15, 0.2) is 0 Å². The molecule has 5 nitrogen and oxygen atoms in total. The predicted molar refractivity (Wildman–Crippen MR) is 122 cm³/mol. The average molecular weight is 469 g/mol. The summed E-state index contributed by atoms with van der Waals surface area (Å²) in [5.74, 6) is -2.57. The predicted octanol–water partition coefficient (Wildman–Crippen LogP) is 6.45. The van der Waals surface area contributed by atoms with E-state index in [9.17, 15) is 23.1 Å². The first-order chi connectivity index (χ1) is 16.3. The van der Waals surface area contributed by atoms with Gasteiger partial charge in [-0.25, -0.2) is 0 Å². The maximum Gasteiger partial charge on any atom is 0.453 e. The molecule has 0 atom stereocenters. The van der Waals surface area contributed by atoms with Gasteiger partial charge in [0.1, 0.15) is 17.1 Å². The Bertz CT molecular complexity index is 1420. The Balaban J connectivity index is 1.64. The van der Waals surface area contributed by atoms with Crippen molar-refractivity contribution < 1.29 is 27.4 Å². The summed E-state index contributed by atoms with van der Waals surface area (Å²) in [6, 6.07) is 14.7. The number of hydrogen-bond acceptors (Lipinski definition) is 5. The van der Waals surface area contributed by atoms with Gasteiger partial charge in [0.25, 0.3) is 5.76 Å². The van der Waals surface area contributed by atoms with Gasteiger partial charge >= 0.3 is 6.18 Å². The molecule has 0 aliphatic carbocycles. The number of nitrogens with zero attached hydrogens (tertiary/aromatic N) is 1. The summed E-state index contributed by atoms with van der Waals surface area (Å²) in [7, 11) is 0. The normalized spacial score (nSPS) is 15.1. The number of halogens is 3. The van der Waals surface area contributed by atoms with E-state index in [1.807, 2.05) is 17.0 Å². The van der Waals surface area contributed by atoms with Gasteiger partial charge in [0.05, 0.1) is 10.9 Å². The van der Waals surface area contributed by atoms with Gasteiger partial charge in [-0.05, 0) is 61.0 Å². The van der Waals surface area contributed by atoms with Crippen LogP contribution in [0.1, 0.15) is 30.6 Å². The van der Waals surface area contributed by atoms with E-state index in [0.29, 0.717) is 0 Å². The molecule has 3 aromatic carbocycles. The van der Waals surface area contributed by atoms with E-state index in [4.69, 9.17) is 9.15 Å². The summed E-state index contributed by atoms with van der Waals surface area (Å²) in [6.07, 6.45) is -1.96. The second kappa shape index (κ2) is 8.68. The SMILES string of the molecule is O=c1c(Oc2ccc3ccccc3c2)c(C(F)(F)F)oc2c(CN3CCCCC3)c(O)ccc12. The molecule has 1 aliphatic rings. The van der Waals surface area contributed by atoms with Crippen LogP contribution in [0.15, 0.2) is 63.8 Å². The van der Waals surface area contributed by atoms with Crippen molar-refractivity contribution in [2.45, 2.75) is 32.0 Å². The third-order valence-electron chi connectivity index (χ3n) is 6.13. The Kier molecular flexibility index (Phi) is 5.69. The molecule has 0 unspecified atom stereocenters. The minimum absolute atomic E-state index is 0.0754. The molecule has 4 aromatic rings. The molecular weight excluding hydrogens is 447 g/mol. The highest BCUT2D eigenvalue weighted by atomic mass is 19.4. The van der Waals surface area contributed by atoms with Crippen molar-refractivity contribution in [2.24, 2.45) is 0 Å². The fraction of sp³-hybridized carbons (Fsp3) is 0.269. The molecule has 8 heteroatoms. The number of hydrogen-bond donors (Lipinski definition) is 1. The second-order valence-electron chi connectivity index (χ2n) is 8.47. The van der Waals surface area contributed by atoms with Crippen LogP contribution < -0.4 is 10.2 Å². The highest BCUT2D eigenvalue weighted by Crippen LogP contribution is 2.40. The van der Waals surface area contributed by atoms with E-state index in [1.54, 1.807) is 24.3 Å². The van der Waals surface area contributed by atoms with Crippen LogP contribution in [0.2, 0.25) is 0 Å². The fourth-order valence-electron chi connectivity index (χ4n) is 4.41. The Hall–Kier alpha value is -3.52. The Morgan fingerprint density at radius 2 is 1.71 bits per heavy atom. The standard InChI is InChI=1S/C26H22F3NO4/c27-26(28,29)25-24(33-18-9-8-16-6-2-3-7-17(16)14-18)22(32)19-10-11-21(31)20(23(19)34-25)15-30-12-4-1-5-13-30/h2-3,6-11,14,31H,1,4-5,12-13,15H2. The molecule has 5 rings (SSSR count). The van der Waals surface area contributed by atoms with Gasteiger partial charge in [-0.2, -0.15) is 13.2 Å². The average Bonchev–Trinajstić information content (AvgIpc) is 2.82. The molecule has 0 radical (unpaired) electrons. The molecule has 1 aromatic heterocycles. The summed E-state index contributed by atoms with van der Waals surface area (Å²) in [5.41, 5.74) is -1.05. The van der Waals surface area contributed by atoms with Crippen molar-refractivity contribution >= 4 is 21.7 Å². The third-order valence-corrected chi connectivity index (χ3v) is 6.13. The molecular formula is C26H22F3NO4. The number of benzene rings is 3. The molecule has 1 N–H and O–H groups in total. The summed E-state index contributed by atoms with van der Waals surface area (Å²) < 4.78 is 52.9. The van der Waals surface area contributed by atoms with Gasteiger partial charge in [0, 0.05) is 6.54 Å². The van der Waals surface area contributed by atoms with E-state index in [2.05, 4.69) is 0 Å². The van der Waals surface area contributed by atoms with Crippen molar-refractivity contribution in [3.05, 3.63) is 76.1 Å². The Morgan fingerprint density at radius 3 is 2.44 bits per heavy atom. The molecule has 1 fully saturated rings. The number of rotatable bonds is 4. The largest absolute Gasteiger partial charge is 0.507 e. The van der Waals surface area contributed by atoms with Crippen LogP contribution in [0.4, 0.5) is 13.2 Å². The molecule has 0 bridgehead atoms. The van der Waals surface area contributed by atoms with E-state index >= 15 is 0 Å². The van der Waals surface area contributed by atoms with Crippen LogP contribution in [0.25, 0.3) is 21.7 Å². The molecule has 0 amide bonds. The number of alkyl halides is 3. The summed E-state index contributed by atoms with van der Waals surface area (Å²) >= 11 is 0. The van der Waals surface area contributed by atoms with Gasteiger partial charge in [-0.1, -0.05) is 36.8 Å². The number of ether oxygens (including phenoxy) is 1. The van der Waals surface area contributed by atoms with E-state index < -0.39 is 23.1 Å². The summed E-state index contributed by atoms with van der Waals surface area (Å²) in [6.45, 7) is 1.71. The monoisotopic (exact) mass is 469 g/mol. The van der Waals surface area contributed by atoms with E-state index in [0.717, 1.165) is 43.1 Å². The molecule has 1 saturated heterocycles. The smallest absolute Gasteiger partial charge is 0.453 e. The molecule has 2 heterocycles. The Morgan fingerprint density at radius 1 is 0.971 bits per heavy atom. The minimum Gasteiger partial charge on any atom is -0.507 e. The second-order valence-corrected chi connectivity index (χ2v) is 8.47. The number of fused-ring (bicyclic) bond motifs is 2. The van der Waals surface area contributed by atoms with Crippen molar-refractivity contribution in [1.82, 2.24) is 4.90 Å². The lowest BCUT2D eigenvalue weighted by atomic mass is 10.1. The fourth-order valence-corrected chi connectivity index (χ4v) is 4.41. The molecule has 176 valence electrons. The van der Waals surface area contributed by atoms with Crippen molar-refractivity contribution in [1.29, 1.82) is 0 Å². The van der Waals surface area contributed by atoms with Crippen LogP contribution in [-0.2, 0) is 12.7 Å². The van der Waals surface area contributed by atoms with Crippen molar-refractivity contribution in [2.75, 3.05) is 13.1 Å². The van der Waals surface area contributed by atoms with Crippen molar-refractivity contribution in [3.8, 4) is 17.2 Å². The quantitative estimate of drug-likeness (QED) is 0.372. The summed E-state index contributed by atoms with van der Waals surface area (Å²) in [5, 5.41) is 12.0. The van der Waals surface area contributed by atoms with Crippen LogP contribution in [0.5, 0.6) is 17.2 Å². The lowest BCUT2D eigenvalue weighted by Crippen LogP contribution is -2.29. The summed E-state index contributed by atoms with van der Waals surface area (Å²) in [4.78, 5) is 15.3. The highest BCUT2D eigenvalue weighted by molar-refractivity contribution is 5.85. The topological polar surface area (TPSA) is 62.9 Å². The number of piperidine rings is 1. The first-order valence-corrected chi connectivity index (χ1v) is 11.1. The zero-order chi connectivity index (χ0) is 23.9. The lowest BCUT2D eigenvalue weighted by molar-refractivity contribution is -0.154. The van der Waals surface area contributed by atoms with Crippen LogP contribution in [0, 0.1) is 0 Å². The zero-order valence-corrected chi connectivity index (χ0v) is 18.2. The number of phenols is 1. The van der Waals surface area contributed by atoms with Crippen LogP contribution in [-0.4, -0.2) is 23.1 Å². The molecule has 0 spiro atoms. The zero-order valence-electron chi connectivity index (χ0n) is 18.2. The molecule has 34 heavy (non-hydrogen) atoms. The maximum absolute atomic E-state index is 14.0. The molecule has 1 aliphatic heterocycles. The minimum atomic E-state index is -4.98. The maximum atomic E-state index is 14.0. The molecule has 0 saturated carbocycles. The van der Waals surface area contributed by atoms with Crippen LogP contribution >= 0.6 is 0 Å². The number of phenolic OH excluding ortho intramolecular Hbond substituents is 1. The highest BCUT2D eigenvalue weighted by Gasteiger charge is 2.41. The first kappa shape index (κ1) is 22.3. The van der Waals surface area contributed by atoms with E-state index in [-0.39, 0.29) is 34.6 Å². The number of aromatic hydroxyl groups is 1. The third kappa shape index (κ3) is 4.21. The Labute approximate surface area is 193 Å². The number of likely N-dealkylation sites (tertiary alicyclic amines) is 1.